The smallest absolute Gasteiger partial charge is 0.386 e. The molecular formula is C20H21F4N5OS. The summed E-state index contributed by atoms with van der Waals surface area (Å²) in [6, 6.07) is 5.15. The van der Waals surface area contributed by atoms with Gasteiger partial charge in [0.05, 0.1) is 16.4 Å². The number of nitrogens with zero attached hydrogens (tertiary/aromatic N) is 3. The Morgan fingerprint density at radius 3 is 2.61 bits per heavy atom. The number of halogens is 4. The Morgan fingerprint density at radius 2 is 2.00 bits per heavy atom. The zero-order valence-electron chi connectivity index (χ0n) is 17.0. The molecule has 1 aliphatic rings. The number of aliphatic imine (C=N–C) groups is 1. The van der Waals surface area contributed by atoms with Crippen LogP contribution in [0.1, 0.15) is 41.5 Å². The van der Waals surface area contributed by atoms with Crippen LogP contribution in [-0.4, -0.2) is 39.4 Å². The highest BCUT2D eigenvalue weighted by Crippen LogP contribution is 2.35. The Balaban J connectivity index is 1.84. The van der Waals surface area contributed by atoms with E-state index in [1.165, 1.54) is 30.1 Å². The molecule has 2 heterocycles. The summed E-state index contributed by atoms with van der Waals surface area (Å²) in [5.41, 5.74) is 5.46. The van der Waals surface area contributed by atoms with Gasteiger partial charge >= 0.3 is 6.18 Å². The SMILES string of the molecule is CN1CC(c2cc(NC(=O)c3ccc(C(F)(F)F)cn3)ccc2F)N=C(N)C(C)(C)S1. The third-order valence-corrected chi connectivity index (χ3v) is 5.79. The van der Waals surface area contributed by atoms with Crippen LogP contribution in [0, 0.1) is 5.82 Å². The molecule has 31 heavy (non-hydrogen) atoms. The van der Waals surface area contributed by atoms with E-state index in [1.54, 1.807) is 0 Å². The number of benzene rings is 1. The second-order valence-corrected chi connectivity index (χ2v) is 9.39. The van der Waals surface area contributed by atoms with Gasteiger partial charge in [-0.05, 0) is 51.2 Å². The van der Waals surface area contributed by atoms with Crippen molar-refractivity contribution in [3.8, 4) is 0 Å². The van der Waals surface area contributed by atoms with E-state index < -0.39 is 34.3 Å². The highest BCUT2D eigenvalue weighted by atomic mass is 32.2. The Bertz CT molecular complexity index is 1010. The second kappa shape index (κ2) is 8.46. The van der Waals surface area contributed by atoms with Crippen LogP contribution >= 0.6 is 11.9 Å². The number of amidine groups is 1. The number of pyridine rings is 1. The number of hydrogen-bond donors (Lipinski definition) is 2. The molecule has 0 fully saturated rings. The Kier molecular flexibility index (Phi) is 6.28. The van der Waals surface area contributed by atoms with Gasteiger partial charge in [0.1, 0.15) is 17.3 Å². The van der Waals surface area contributed by atoms with Crippen LogP contribution in [0.2, 0.25) is 0 Å². The third kappa shape index (κ3) is 5.34. The normalized spacial score (nSPS) is 19.5. The summed E-state index contributed by atoms with van der Waals surface area (Å²) in [6.45, 7) is 4.22. The molecule has 3 rings (SSSR count). The molecule has 6 nitrogen and oxygen atoms in total. The largest absolute Gasteiger partial charge is 0.417 e. The topological polar surface area (TPSA) is 83.6 Å². The van der Waals surface area contributed by atoms with Crippen molar-refractivity contribution in [2.75, 3.05) is 18.9 Å². The quantitative estimate of drug-likeness (QED) is 0.534. The number of nitrogens with one attached hydrogen (secondary N) is 1. The Hall–Kier alpha value is -2.66. The molecule has 2 aromatic rings. The summed E-state index contributed by atoms with van der Waals surface area (Å²) in [7, 11) is 1.85. The van der Waals surface area contributed by atoms with Gasteiger partial charge in [0.25, 0.3) is 5.91 Å². The van der Waals surface area contributed by atoms with Crippen molar-refractivity contribution in [3.05, 3.63) is 59.2 Å². The molecule has 166 valence electrons. The van der Waals surface area contributed by atoms with Crippen molar-refractivity contribution in [1.82, 2.24) is 9.29 Å². The van der Waals surface area contributed by atoms with Crippen LogP contribution < -0.4 is 11.1 Å². The zero-order valence-corrected chi connectivity index (χ0v) is 17.8. The molecule has 11 heteroatoms. The summed E-state index contributed by atoms with van der Waals surface area (Å²) < 4.78 is 54.0. The van der Waals surface area contributed by atoms with E-state index in [0.29, 0.717) is 18.6 Å². The summed E-state index contributed by atoms with van der Waals surface area (Å²) in [5.74, 6) is -0.857. The van der Waals surface area contributed by atoms with Crippen molar-refractivity contribution in [2.45, 2.75) is 30.8 Å². The average Bonchev–Trinajstić information content (AvgIpc) is 2.77. The summed E-state index contributed by atoms with van der Waals surface area (Å²) in [5, 5.41) is 2.53. The molecule has 3 N–H and O–H groups in total. The predicted octanol–water partition coefficient (Wildman–Crippen LogP) is 4.26. The Morgan fingerprint density at radius 1 is 1.29 bits per heavy atom. The lowest BCUT2D eigenvalue weighted by molar-refractivity contribution is -0.137. The van der Waals surface area contributed by atoms with Gasteiger partial charge in [0.15, 0.2) is 0 Å². The van der Waals surface area contributed by atoms with Crippen LogP contribution in [0.5, 0.6) is 0 Å². The zero-order chi connectivity index (χ0) is 23.0. The maximum absolute atomic E-state index is 14.6. The highest BCUT2D eigenvalue weighted by Gasteiger charge is 2.33. The van der Waals surface area contributed by atoms with Crippen LogP contribution in [0.25, 0.3) is 0 Å². The van der Waals surface area contributed by atoms with Crippen molar-refractivity contribution in [1.29, 1.82) is 0 Å². The minimum Gasteiger partial charge on any atom is -0.386 e. The first-order valence-corrected chi connectivity index (χ1v) is 10.0. The van der Waals surface area contributed by atoms with Gasteiger partial charge in [-0.1, -0.05) is 11.9 Å². The summed E-state index contributed by atoms with van der Waals surface area (Å²) in [6.07, 6.45) is -3.96. The molecule has 0 spiro atoms. The molecule has 1 aromatic heterocycles. The van der Waals surface area contributed by atoms with E-state index in [0.717, 1.165) is 12.1 Å². The first-order chi connectivity index (χ1) is 14.4. The van der Waals surface area contributed by atoms with Gasteiger partial charge in [-0.2, -0.15) is 13.2 Å². The minimum absolute atomic E-state index is 0.200. The van der Waals surface area contributed by atoms with Gasteiger partial charge in [-0.3, -0.25) is 19.1 Å². The molecule has 1 amide bonds. The molecular weight excluding hydrogens is 434 g/mol. The van der Waals surface area contributed by atoms with Gasteiger partial charge in [-0.25, -0.2) is 4.39 Å². The summed E-state index contributed by atoms with van der Waals surface area (Å²) >= 11 is 1.49. The first kappa shape index (κ1) is 23.0. The number of aromatic nitrogens is 1. The molecule has 0 radical (unpaired) electrons. The lowest BCUT2D eigenvalue weighted by atomic mass is 10.0. The van der Waals surface area contributed by atoms with E-state index in [4.69, 9.17) is 5.73 Å². The lowest BCUT2D eigenvalue weighted by Gasteiger charge is -2.25. The fraction of sp³-hybridized carbons (Fsp3) is 0.350. The van der Waals surface area contributed by atoms with E-state index in [-0.39, 0.29) is 16.9 Å². The molecule has 1 aliphatic heterocycles. The third-order valence-electron chi connectivity index (χ3n) is 4.66. The maximum atomic E-state index is 14.6. The lowest BCUT2D eigenvalue weighted by Crippen LogP contribution is -2.36. The number of hydrogen-bond acceptors (Lipinski definition) is 6. The van der Waals surface area contributed by atoms with Gasteiger partial charge in [0, 0.05) is 24.0 Å². The minimum atomic E-state index is -4.55. The second-order valence-electron chi connectivity index (χ2n) is 7.56. The Labute approximate surface area is 181 Å². The maximum Gasteiger partial charge on any atom is 0.417 e. The first-order valence-electron chi connectivity index (χ1n) is 9.25. The number of alkyl halides is 3. The molecule has 1 aromatic carbocycles. The molecule has 0 saturated heterocycles. The van der Waals surface area contributed by atoms with Crippen molar-refractivity contribution in [2.24, 2.45) is 10.7 Å². The molecule has 1 unspecified atom stereocenters. The number of anilines is 1. The van der Waals surface area contributed by atoms with Crippen molar-refractivity contribution in [3.63, 3.8) is 0 Å². The molecule has 1 atom stereocenters. The van der Waals surface area contributed by atoms with Crippen LogP contribution in [0.15, 0.2) is 41.5 Å². The average molecular weight is 455 g/mol. The van der Waals surface area contributed by atoms with E-state index in [1.807, 2.05) is 25.2 Å². The number of amides is 1. The predicted molar refractivity (Wildman–Crippen MR) is 112 cm³/mol. The number of carbonyl (C=O) groups excluding carboxylic acids is 1. The fourth-order valence-electron chi connectivity index (χ4n) is 3.02. The highest BCUT2D eigenvalue weighted by molar-refractivity contribution is 7.99. The van der Waals surface area contributed by atoms with E-state index in [9.17, 15) is 22.4 Å². The standard InChI is InChI=1S/C20H21F4N5OS/c1-19(2)18(25)28-16(10-29(3)31-19)13-8-12(5-6-14(13)21)27-17(30)15-7-4-11(9-26-15)20(22,23)24/h4-9,16H,10H2,1-3H3,(H2,25,28)(H,27,30). The van der Waals surface area contributed by atoms with Crippen LogP contribution in [-0.2, 0) is 6.18 Å². The molecule has 0 saturated carbocycles. The number of nitrogens with two attached hydrogens (primary N) is 1. The van der Waals surface area contributed by atoms with Crippen molar-refractivity contribution < 1.29 is 22.4 Å². The number of likely N-dealkylation sites (N-methyl/N-ethyl adjacent to an activating group) is 1. The van der Waals surface area contributed by atoms with Crippen LogP contribution in [0.4, 0.5) is 23.2 Å². The molecule has 0 bridgehead atoms. The fourth-order valence-corrected chi connectivity index (χ4v) is 4.16. The van der Waals surface area contributed by atoms with Gasteiger partial charge in [0.2, 0.25) is 0 Å². The van der Waals surface area contributed by atoms with Crippen LogP contribution in [0.3, 0.4) is 0 Å². The van der Waals surface area contributed by atoms with E-state index in [2.05, 4.69) is 15.3 Å². The summed E-state index contributed by atoms with van der Waals surface area (Å²) in [4.78, 5) is 20.4. The number of carbonyl (C=O) groups is 1. The number of rotatable bonds is 3. The van der Waals surface area contributed by atoms with E-state index >= 15 is 0 Å². The van der Waals surface area contributed by atoms with Gasteiger partial charge < -0.3 is 11.1 Å². The molecule has 0 aliphatic carbocycles. The van der Waals surface area contributed by atoms with Gasteiger partial charge in [-0.15, -0.1) is 0 Å². The van der Waals surface area contributed by atoms with Crippen molar-refractivity contribution >= 4 is 29.4 Å². The monoisotopic (exact) mass is 455 g/mol.